The fourth-order valence-corrected chi connectivity index (χ4v) is 2.68. The van der Waals surface area contributed by atoms with Crippen LogP contribution in [0.3, 0.4) is 0 Å². The zero-order chi connectivity index (χ0) is 14.9. The van der Waals surface area contributed by atoms with Crippen LogP contribution in [0, 0.1) is 0 Å². The summed E-state index contributed by atoms with van der Waals surface area (Å²) in [6, 6.07) is 7.89. The summed E-state index contributed by atoms with van der Waals surface area (Å²) in [4.78, 5) is 14.5. The van der Waals surface area contributed by atoms with Gasteiger partial charge in [-0.2, -0.15) is 0 Å². The molecule has 0 aromatic heterocycles. The fraction of sp³-hybridized carbons (Fsp3) is 0.471. The lowest BCUT2D eigenvalue weighted by atomic mass is 9.86. The molecule has 1 aromatic carbocycles. The predicted molar refractivity (Wildman–Crippen MR) is 82.5 cm³/mol. The predicted octanol–water partition coefficient (Wildman–Crippen LogP) is 3.06. The van der Waals surface area contributed by atoms with Crippen molar-refractivity contribution in [2.75, 3.05) is 6.54 Å². The monoisotopic (exact) mass is 272 g/mol. The molecule has 3 heteroatoms. The number of likely N-dealkylation sites (tertiary alicyclic amines) is 1. The van der Waals surface area contributed by atoms with Crippen molar-refractivity contribution in [2.24, 2.45) is 5.73 Å². The van der Waals surface area contributed by atoms with E-state index in [9.17, 15) is 4.79 Å². The first-order chi connectivity index (χ1) is 9.30. The molecular formula is C17H24N2O. The Labute approximate surface area is 121 Å². The molecule has 1 heterocycles. The van der Waals surface area contributed by atoms with Crippen LogP contribution in [0.15, 0.2) is 36.5 Å². The highest BCUT2D eigenvalue weighted by atomic mass is 16.2. The average molecular weight is 272 g/mol. The molecular weight excluding hydrogens is 248 g/mol. The van der Waals surface area contributed by atoms with Crippen LogP contribution in [-0.4, -0.2) is 23.4 Å². The molecule has 0 spiro atoms. The lowest BCUT2D eigenvalue weighted by Gasteiger charge is -2.26. The summed E-state index contributed by atoms with van der Waals surface area (Å²) in [6.45, 7) is 11.0. The number of rotatable bonds is 2. The Balaban J connectivity index is 2.28. The molecule has 1 aliphatic rings. The molecule has 1 unspecified atom stereocenters. The van der Waals surface area contributed by atoms with Crippen LogP contribution in [0.25, 0.3) is 0 Å². The van der Waals surface area contributed by atoms with Gasteiger partial charge in [-0.15, -0.1) is 0 Å². The third-order valence-electron chi connectivity index (χ3n) is 3.92. The number of hydrogen-bond donors (Lipinski definition) is 1. The molecule has 0 aliphatic carbocycles. The second-order valence-electron chi connectivity index (χ2n) is 6.56. The van der Waals surface area contributed by atoms with Crippen molar-refractivity contribution in [2.45, 2.75) is 45.1 Å². The maximum Gasteiger partial charge on any atom is 0.254 e. The van der Waals surface area contributed by atoms with Gasteiger partial charge >= 0.3 is 0 Å². The van der Waals surface area contributed by atoms with Gasteiger partial charge in [0, 0.05) is 17.8 Å². The summed E-state index contributed by atoms with van der Waals surface area (Å²) >= 11 is 0. The lowest BCUT2D eigenvalue weighted by Crippen LogP contribution is -2.38. The number of nitrogens with zero attached hydrogens (tertiary/aromatic N) is 1. The molecule has 1 aromatic rings. The van der Waals surface area contributed by atoms with Gasteiger partial charge in [-0.05, 0) is 36.0 Å². The van der Waals surface area contributed by atoms with Crippen molar-refractivity contribution in [1.29, 1.82) is 0 Å². The van der Waals surface area contributed by atoms with E-state index in [1.54, 1.807) is 0 Å². The minimum Gasteiger partial charge on any atom is -0.401 e. The van der Waals surface area contributed by atoms with Crippen LogP contribution in [0.4, 0.5) is 0 Å². The zero-order valence-corrected chi connectivity index (χ0v) is 12.6. The molecule has 2 rings (SSSR count). The van der Waals surface area contributed by atoms with Crippen molar-refractivity contribution in [1.82, 2.24) is 4.90 Å². The Morgan fingerprint density at radius 1 is 1.40 bits per heavy atom. The van der Waals surface area contributed by atoms with Crippen molar-refractivity contribution in [3.63, 3.8) is 0 Å². The van der Waals surface area contributed by atoms with E-state index in [4.69, 9.17) is 5.73 Å². The molecule has 1 saturated heterocycles. The number of carbonyl (C=O) groups excluding carboxylic acids is 1. The van der Waals surface area contributed by atoms with Gasteiger partial charge in [0.1, 0.15) is 0 Å². The van der Waals surface area contributed by atoms with E-state index < -0.39 is 0 Å². The van der Waals surface area contributed by atoms with E-state index in [0.29, 0.717) is 5.70 Å². The van der Waals surface area contributed by atoms with Crippen LogP contribution >= 0.6 is 0 Å². The molecule has 2 N–H and O–H groups in total. The van der Waals surface area contributed by atoms with Gasteiger partial charge in [0.15, 0.2) is 0 Å². The molecule has 0 bridgehead atoms. The van der Waals surface area contributed by atoms with Gasteiger partial charge < -0.3 is 10.6 Å². The van der Waals surface area contributed by atoms with Crippen LogP contribution in [-0.2, 0) is 5.41 Å². The Hall–Kier alpha value is -1.77. The zero-order valence-electron chi connectivity index (χ0n) is 12.6. The molecule has 108 valence electrons. The topological polar surface area (TPSA) is 46.3 Å². The number of hydrogen-bond acceptors (Lipinski definition) is 2. The van der Waals surface area contributed by atoms with E-state index in [-0.39, 0.29) is 17.4 Å². The van der Waals surface area contributed by atoms with E-state index >= 15 is 0 Å². The van der Waals surface area contributed by atoms with Gasteiger partial charge in [0.2, 0.25) is 0 Å². The molecule has 1 aliphatic heterocycles. The first-order valence-corrected chi connectivity index (χ1v) is 7.16. The molecule has 3 nitrogen and oxygen atoms in total. The van der Waals surface area contributed by atoms with E-state index in [1.807, 2.05) is 23.1 Å². The van der Waals surface area contributed by atoms with Crippen molar-refractivity contribution in [3.8, 4) is 0 Å². The fourth-order valence-electron chi connectivity index (χ4n) is 2.68. The molecule has 1 amide bonds. The van der Waals surface area contributed by atoms with Crippen LogP contribution in [0.5, 0.6) is 0 Å². The maximum atomic E-state index is 12.7. The Kier molecular flexibility index (Phi) is 3.89. The highest BCUT2D eigenvalue weighted by Gasteiger charge is 2.30. The Bertz CT molecular complexity index is 528. The van der Waals surface area contributed by atoms with E-state index in [1.165, 1.54) is 5.56 Å². The van der Waals surface area contributed by atoms with Gasteiger partial charge in [-0.25, -0.2) is 0 Å². The quantitative estimate of drug-likeness (QED) is 0.899. The van der Waals surface area contributed by atoms with Gasteiger partial charge in [0.25, 0.3) is 5.91 Å². The summed E-state index contributed by atoms with van der Waals surface area (Å²) in [7, 11) is 0. The van der Waals surface area contributed by atoms with Gasteiger partial charge in [-0.1, -0.05) is 39.5 Å². The van der Waals surface area contributed by atoms with Gasteiger partial charge in [-0.3, -0.25) is 4.79 Å². The van der Waals surface area contributed by atoms with Crippen molar-refractivity contribution in [3.05, 3.63) is 47.7 Å². The van der Waals surface area contributed by atoms with Crippen molar-refractivity contribution >= 4 is 5.91 Å². The summed E-state index contributed by atoms with van der Waals surface area (Å²) < 4.78 is 0. The minimum absolute atomic E-state index is 0.0132. The first-order valence-electron chi connectivity index (χ1n) is 7.16. The second-order valence-corrected chi connectivity index (χ2v) is 6.56. The smallest absolute Gasteiger partial charge is 0.254 e. The summed E-state index contributed by atoms with van der Waals surface area (Å²) in [5.41, 5.74) is 8.35. The molecule has 0 radical (unpaired) electrons. The Morgan fingerprint density at radius 3 is 2.70 bits per heavy atom. The third-order valence-corrected chi connectivity index (χ3v) is 3.92. The van der Waals surface area contributed by atoms with Crippen molar-refractivity contribution < 1.29 is 4.79 Å². The summed E-state index contributed by atoms with van der Waals surface area (Å²) in [6.07, 6.45) is 1.91. The number of nitrogens with two attached hydrogens (primary N) is 1. The number of carbonyl (C=O) groups is 1. The maximum absolute atomic E-state index is 12.7. The van der Waals surface area contributed by atoms with E-state index in [0.717, 1.165) is 24.9 Å². The first kappa shape index (κ1) is 14.6. The number of amides is 1. The minimum atomic E-state index is -0.0132. The SMILES string of the molecule is C=C(N)C1CCCN1C(=O)c1cccc(C(C)(C)C)c1. The van der Waals surface area contributed by atoms with Gasteiger partial charge in [0.05, 0.1) is 6.04 Å². The average Bonchev–Trinajstić information content (AvgIpc) is 2.86. The largest absolute Gasteiger partial charge is 0.401 e. The van der Waals surface area contributed by atoms with Crippen LogP contribution in [0.2, 0.25) is 0 Å². The third kappa shape index (κ3) is 2.87. The highest BCUT2D eigenvalue weighted by Crippen LogP contribution is 2.26. The molecule has 0 saturated carbocycles. The summed E-state index contributed by atoms with van der Waals surface area (Å²) in [5.74, 6) is 0.0604. The second kappa shape index (κ2) is 5.31. The lowest BCUT2D eigenvalue weighted by molar-refractivity contribution is 0.0755. The Morgan fingerprint density at radius 2 is 2.10 bits per heavy atom. The van der Waals surface area contributed by atoms with E-state index in [2.05, 4.69) is 33.4 Å². The van der Waals surface area contributed by atoms with Crippen LogP contribution in [0.1, 0.15) is 49.5 Å². The standard InChI is InChI=1S/C17H24N2O/c1-12(18)15-9-6-10-19(15)16(20)13-7-5-8-14(11-13)17(2,3)4/h5,7-8,11,15H,1,6,9-10,18H2,2-4H3. The molecule has 1 atom stereocenters. The van der Waals surface area contributed by atoms with Crippen LogP contribution < -0.4 is 5.73 Å². The number of benzene rings is 1. The highest BCUT2D eigenvalue weighted by molar-refractivity contribution is 5.95. The normalized spacial score (nSPS) is 19.1. The summed E-state index contributed by atoms with van der Waals surface area (Å²) in [5, 5.41) is 0. The molecule has 20 heavy (non-hydrogen) atoms. The molecule has 1 fully saturated rings.